The minimum atomic E-state index is -0.586. The molecule has 0 atom stereocenters. The van der Waals surface area contributed by atoms with E-state index < -0.39 is 4.92 Å². The fraction of sp³-hybridized carbons (Fsp3) is 0.0909. The third kappa shape index (κ3) is 2.89. The molecule has 7 nitrogen and oxygen atoms in total. The summed E-state index contributed by atoms with van der Waals surface area (Å²) >= 11 is 5.98. The molecule has 2 aromatic rings. The molecule has 0 bridgehead atoms. The van der Waals surface area contributed by atoms with Crippen molar-refractivity contribution in [3.05, 3.63) is 45.1 Å². The maximum atomic E-state index is 10.9. The van der Waals surface area contributed by atoms with Crippen molar-refractivity contribution in [3.63, 3.8) is 0 Å². The molecular formula is C11H10ClN5O2. The van der Waals surface area contributed by atoms with Crippen LogP contribution in [0.1, 0.15) is 5.56 Å². The van der Waals surface area contributed by atoms with E-state index >= 15 is 0 Å². The molecular weight excluding hydrogens is 270 g/mol. The number of nitrogens with two attached hydrogens (primary N) is 1. The molecule has 0 aliphatic carbocycles. The highest BCUT2D eigenvalue weighted by Crippen LogP contribution is 2.27. The second-order valence-corrected chi connectivity index (χ2v) is 4.22. The number of aromatic nitrogens is 2. The number of hydrogen-bond acceptors (Lipinski definition) is 6. The first-order valence-electron chi connectivity index (χ1n) is 5.27. The maximum absolute atomic E-state index is 10.9. The first-order valence-corrected chi connectivity index (χ1v) is 5.65. The number of nitrogens with zero attached hydrogens (tertiary/aromatic N) is 3. The summed E-state index contributed by atoms with van der Waals surface area (Å²) in [6.07, 6.45) is 1.06. The molecule has 0 fully saturated rings. The van der Waals surface area contributed by atoms with Crippen molar-refractivity contribution < 1.29 is 4.92 Å². The highest BCUT2D eigenvalue weighted by atomic mass is 35.5. The summed E-state index contributed by atoms with van der Waals surface area (Å²) in [6.45, 7) is 1.86. The first kappa shape index (κ1) is 13.0. The average molecular weight is 280 g/mol. The van der Waals surface area contributed by atoms with Gasteiger partial charge in [0.2, 0.25) is 11.8 Å². The standard InChI is InChI=1S/C11H10ClN5O2/c1-6-2-3-7(4-8(6)12)15-10-9(17(18)19)5-14-11(13)16-10/h2-5H,1H3,(H3,13,14,15,16). The predicted molar refractivity (Wildman–Crippen MR) is 72.6 cm³/mol. The van der Waals surface area contributed by atoms with E-state index in [1.807, 2.05) is 6.92 Å². The van der Waals surface area contributed by atoms with Gasteiger partial charge in [0.25, 0.3) is 0 Å². The molecule has 8 heteroatoms. The largest absolute Gasteiger partial charge is 0.368 e. The summed E-state index contributed by atoms with van der Waals surface area (Å²) in [6, 6.07) is 5.18. The van der Waals surface area contributed by atoms with E-state index in [0.717, 1.165) is 11.8 Å². The monoisotopic (exact) mass is 279 g/mol. The van der Waals surface area contributed by atoms with Gasteiger partial charge in [0, 0.05) is 10.7 Å². The quantitative estimate of drug-likeness (QED) is 0.661. The lowest BCUT2D eigenvalue weighted by Gasteiger charge is -2.07. The van der Waals surface area contributed by atoms with Crippen LogP contribution < -0.4 is 11.1 Å². The zero-order valence-electron chi connectivity index (χ0n) is 9.92. The van der Waals surface area contributed by atoms with Gasteiger partial charge in [-0.15, -0.1) is 0 Å². The van der Waals surface area contributed by atoms with Crippen molar-refractivity contribution in [2.45, 2.75) is 6.92 Å². The number of nitrogens with one attached hydrogen (secondary N) is 1. The van der Waals surface area contributed by atoms with Crippen molar-refractivity contribution >= 4 is 34.7 Å². The van der Waals surface area contributed by atoms with Crippen LogP contribution in [0.2, 0.25) is 5.02 Å². The van der Waals surface area contributed by atoms with Gasteiger partial charge in [-0.1, -0.05) is 17.7 Å². The summed E-state index contributed by atoms with van der Waals surface area (Å²) in [7, 11) is 0. The smallest absolute Gasteiger partial charge is 0.329 e. The van der Waals surface area contributed by atoms with Crippen LogP contribution in [0, 0.1) is 17.0 Å². The van der Waals surface area contributed by atoms with Crippen molar-refractivity contribution in [1.29, 1.82) is 0 Å². The minimum Gasteiger partial charge on any atom is -0.368 e. The molecule has 2 rings (SSSR count). The Labute approximate surface area is 113 Å². The van der Waals surface area contributed by atoms with Crippen LogP contribution in [0.5, 0.6) is 0 Å². The summed E-state index contributed by atoms with van der Waals surface area (Å²) in [5, 5.41) is 14.2. The normalized spacial score (nSPS) is 10.2. The lowest BCUT2D eigenvalue weighted by molar-refractivity contribution is -0.384. The SMILES string of the molecule is Cc1ccc(Nc2nc(N)ncc2[N+](=O)[O-])cc1Cl. The second kappa shape index (κ2) is 5.07. The Hall–Kier alpha value is -2.41. The number of halogens is 1. The number of anilines is 3. The number of aryl methyl sites for hydroxylation is 1. The molecule has 19 heavy (non-hydrogen) atoms. The summed E-state index contributed by atoms with van der Waals surface area (Å²) < 4.78 is 0. The van der Waals surface area contributed by atoms with Gasteiger partial charge in [0.15, 0.2) is 0 Å². The molecule has 1 heterocycles. The van der Waals surface area contributed by atoms with E-state index in [-0.39, 0.29) is 17.5 Å². The second-order valence-electron chi connectivity index (χ2n) is 3.81. The van der Waals surface area contributed by atoms with Crippen LogP contribution in [0.15, 0.2) is 24.4 Å². The molecule has 3 N–H and O–H groups in total. The van der Waals surface area contributed by atoms with E-state index in [1.54, 1.807) is 18.2 Å². The van der Waals surface area contributed by atoms with Gasteiger partial charge in [0.05, 0.1) is 4.92 Å². The maximum Gasteiger partial charge on any atom is 0.329 e. The molecule has 0 unspecified atom stereocenters. The van der Waals surface area contributed by atoms with E-state index in [0.29, 0.717) is 10.7 Å². The van der Waals surface area contributed by atoms with Gasteiger partial charge < -0.3 is 11.1 Å². The first-order chi connectivity index (χ1) is 8.97. The Morgan fingerprint density at radius 3 is 2.84 bits per heavy atom. The number of benzene rings is 1. The van der Waals surface area contributed by atoms with Gasteiger partial charge in [-0.25, -0.2) is 4.98 Å². The predicted octanol–water partition coefficient (Wildman–Crippen LogP) is 2.67. The van der Waals surface area contributed by atoms with Crippen molar-refractivity contribution in [2.24, 2.45) is 0 Å². The van der Waals surface area contributed by atoms with Gasteiger partial charge in [-0.3, -0.25) is 10.1 Å². The lowest BCUT2D eigenvalue weighted by Crippen LogP contribution is -2.04. The van der Waals surface area contributed by atoms with E-state index in [2.05, 4.69) is 15.3 Å². The van der Waals surface area contributed by atoms with Gasteiger partial charge in [-0.05, 0) is 24.6 Å². The zero-order chi connectivity index (χ0) is 14.0. The Bertz CT molecular complexity index is 647. The van der Waals surface area contributed by atoms with Gasteiger partial charge in [-0.2, -0.15) is 4.98 Å². The number of nitrogen functional groups attached to an aromatic ring is 1. The van der Waals surface area contributed by atoms with Crippen molar-refractivity contribution in [2.75, 3.05) is 11.1 Å². The zero-order valence-corrected chi connectivity index (χ0v) is 10.7. The Morgan fingerprint density at radius 1 is 1.47 bits per heavy atom. The molecule has 1 aromatic heterocycles. The molecule has 0 spiro atoms. The average Bonchev–Trinajstić information content (AvgIpc) is 2.33. The third-order valence-electron chi connectivity index (χ3n) is 2.42. The molecule has 0 saturated carbocycles. The third-order valence-corrected chi connectivity index (χ3v) is 2.83. The molecule has 0 aliphatic rings. The van der Waals surface area contributed by atoms with Gasteiger partial charge >= 0.3 is 5.69 Å². The summed E-state index contributed by atoms with van der Waals surface area (Å²) in [5.41, 5.74) is 6.65. The van der Waals surface area contributed by atoms with E-state index in [1.165, 1.54) is 0 Å². The minimum absolute atomic E-state index is 0.0254. The fourth-order valence-corrected chi connectivity index (χ4v) is 1.60. The Kier molecular flexibility index (Phi) is 3.48. The van der Waals surface area contributed by atoms with Crippen LogP contribution in [0.25, 0.3) is 0 Å². The fourth-order valence-electron chi connectivity index (χ4n) is 1.42. The number of nitro groups is 1. The van der Waals surface area contributed by atoms with Crippen LogP contribution in [-0.4, -0.2) is 14.9 Å². The molecule has 0 saturated heterocycles. The number of hydrogen-bond donors (Lipinski definition) is 2. The Morgan fingerprint density at radius 2 is 2.21 bits per heavy atom. The van der Waals surface area contributed by atoms with Crippen LogP contribution in [-0.2, 0) is 0 Å². The molecule has 0 radical (unpaired) electrons. The molecule has 0 aliphatic heterocycles. The topological polar surface area (TPSA) is 107 Å². The van der Waals surface area contributed by atoms with Crippen molar-refractivity contribution in [3.8, 4) is 0 Å². The number of rotatable bonds is 3. The van der Waals surface area contributed by atoms with E-state index in [4.69, 9.17) is 17.3 Å². The highest BCUT2D eigenvalue weighted by Gasteiger charge is 2.16. The molecule has 0 amide bonds. The molecule has 98 valence electrons. The van der Waals surface area contributed by atoms with Crippen molar-refractivity contribution in [1.82, 2.24) is 9.97 Å². The Balaban J connectivity index is 2.39. The highest BCUT2D eigenvalue weighted by molar-refractivity contribution is 6.31. The summed E-state index contributed by atoms with van der Waals surface area (Å²) in [4.78, 5) is 17.7. The molecule has 1 aromatic carbocycles. The van der Waals surface area contributed by atoms with E-state index in [9.17, 15) is 10.1 Å². The van der Waals surface area contributed by atoms with Crippen LogP contribution >= 0.6 is 11.6 Å². The van der Waals surface area contributed by atoms with Crippen LogP contribution in [0.3, 0.4) is 0 Å². The van der Waals surface area contributed by atoms with Crippen LogP contribution in [0.4, 0.5) is 23.1 Å². The summed E-state index contributed by atoms with van der Waals surface area (Å²) in [5.74, 6) is -0.0243. The van der Waals surface area contributed by atoms with Gasteiger partial charge in [0.1, 0.15) is 6.20 Å². The lowest BCUT2D eigenvalue weighted by atomic mass is 10.2.